The van der Waals surface area contributed by atoms with Crippen LogP contribution in [0.5, 0.6) is 0 Å². The number of hydrogen-bond acceptors (Lipinski definition) is 2. The molecule has 5 heteroatoms. The van der Waals surface area contributed by atoms with Crippen LogP contribution in [0.2, 0.25) is 5.02 Å². The minimum absolute atomic E-state index is 0.261. The van der Waals surface area contributed by atoms with Crippen LogP contribution in [0.3, 0.4) is 0 Å². The van der Waals surface area contributed by atoms with Crippen LogP contribution < -0.4 is 0 Å². The van der Waals surface area contributed by atoms with Crippen LogP contribution in [-0.2, 0) is 13.1 Å². The number of halogens is 1. The molecular weight excluding hydrogens is 264 g/mol. The van der Waals surface area contributed by atoms with Gasteiger partial charge in [0.25, 0.3) is 0 Å². The first-order chi connectivity index (χ1) is 9.16. The van der Waals surface area contributed by atoms with Gasteiger partial charge in [-0.3, -0.25) is 9.88 Å². The Morgan fingerprint density at radius 3 is 2.47 bits per heavy atom. The molecule has 0 bridgehead atoms. The van der Waals surface area contributed by atoms with Crippen LogP contribution in [-0.4, -0.2) is 21.1 Å². The summed E-state index contributed by atoms with van der Waals surface area (Å²) in [7, 11) is 0. The molecule has 0 saturated heterocycles. The summed E-state index contributed by atoms with van der Waals surface area (Å²) in [6.07, 6.45) is 2.31. The van der Waals surface area contributed by atoms with Gasteiger partial charge < -0.3 is 5.11 Å². The van der Waals surface area contributed by atoms with Crippen LogP contribution in [0, 0.1) is 0 Å². The molecule has 2 rings (SSSR count). The molecule has 1 N–H and O–H groups in total. The second kappa shape index (κ2) is 6.20. The summed E-state index contributed by atoms with van der Waals surface area (Å²) in [6.45, 7) is 0.570. The third-order valence-corrected chi connectivity index (χ3v) is 3.08. The van der Waals surface area contributed by atoms with Crippen molar-refractivity contribution in [2.24, 2.45) is 0 Å². The van der Waals surface area contributed by atoms with Gasteiger partial charge in [-0.15, -0.1) is 0 Å². The van der Waals surface area contributed by atoms with Crippen LogP contribution in [0.4, 0.5) is 4.79 Å². The highest BCUT2D eigenvalue weighted by Crippen LogP contribution is 2.18. The van der Waals surface area contributed by atoms with Crippen molar-refractivity contribution in [2.75, 3.05) is 0 Å². The largest absolute Gasteiger partial charge is 0.465 e. The van der Waals surface area contributed by atoms with E-state index in [0.717, 1.165) is 11.1 Å². The summed E-state index contributed by atoms with van der Waals surface area (Å²) >= 11 is 6.05. The Hall–Kier alpha value is -2.07. The van der Waals surface area contributed by atoms with Gasteiger partial charge >= 0.3 is 6.09 Å². The van der Waals surface area contributed by atoms with Crippen LogP contribution in [0.25, 0.3) is 0 Å². The van der Waals surface area contributed by atoms with Crippen molar-refractivity contribution in [3.8, 4) is 0 Å². The zero-order chi connectivity index (χ0) is 13.7. The fourth-order valence-electron chi connectivity index (χ4n) is 1.73. The number of hydrogen-bond donors (Lipinski definition) is 1. The lowest BCUT2D eigenvalue weighted by atomic mass is 10.2. The summed E-state index contributed by atoms with van der Waals surface area (Å²) in [6, 6.07) is 10.8. The fraction of sp³-hybridized carbons (Fsp3) is 0.143. The summed E-state index contributed by atoms with van der Waals surface area (Å²) in [5.41, 5.74) is 1.69. The number of rotatable bonds is 4. The minimum atomic E-state index is -0.975. The SMILES string of the molecule is O=C(O)N(Cc1ccncc1)Cc1ccccc1Cl. The zero-order valence-electron chi connectivity index (χ0n) is 10.2. The van der Waals surface area contributed by atoms with E-state index >= 15 is 0 Å². The van der Waals surface area contributed by atoms with E-state index in [1.54, 1.807) is 30.6 Å². The van der Waals surface area contributed by atoms with E-state index in [-0.39, 0.29) is 6.54 Å². The minimum Gasteiger partial charge on any atom is -0.465 e. The fourth-order valence-corrected chi connectivity index (χ4v) is 1.93. The van der Waals surface area contributed by atoms with E-state index in [4.69, 9.17) is 11.6 Å². The molecule has 0 aliphatic rings. The Labute approximate surface area is 116 Å². The lowest BCUT2D eigenvalue weighted by Gasteiger charge is -2.19. The van der Waals surface area contributed by atoms with Gasteiger partial charge in [0.15, 0.2) is 0 Å². The first-order valence-corrected chi connectivity index (χ1v) is 6.15. The number of nitrogens with zero attached hydrogens (tertiary/aromatic N) is 2. The molecular formula is C14H13ClN2O2. The maximum Gasteiger partial charge on any atom is 0.407 e. The molecule has 98 valence electrons. The first kappa shape index (κ1) is 13.4. The molecule has 4 nitrogen and oxygen atoms in total. The van der Waals surface area contributed by atoms with Gasteiger partial charge in [0.05, 0.1) is 6.54 Å². The highest BCUT2D eigenvalue weighted by Gasteiger charge is 2.14. The molecule has 0 radical (unpaired) electrons. The van der Waals surface area contributed by atoms with E-state index < -0.39 is 6.09 Å². The highest BCUT2D eigenvalue weighted by molar-refractivity contribution is 6.31. The van der Waals surface area contributed by atoms with Crippen molar-refractivity contribution >= 4 is 17.7 Å². The molecule has 1 amide bonds. The molecule has 0 aliphatic heterocycles. The molecule has 0 atom stereocenters. The third kappa shape index (κ3) is 3.69. The van der Waals surface area contributed by atoms with Gasteiger partial charge in [-0.1, -0.05) is 29.8 Å². The van der Waals surface area contributed by atoms with Crippen LogP contribution in [0.15, 0.2) is 48.8 Å². The Morgan fingerprint density at radius 1 is 1.16 bits per heavy atom. The second-order valence-electron chi connectivity index (χ2n) is 4.09. The Bertz CT molecular complexity index is 560. The molecule has 1 heterocycles. The van der Waals surface area contributed by atoms with E-state index in [1.807, 2.05) is 18.2 Å². The van der Waals surface area contributed by atoms with Crippen molar-refractivity contribution in [1.82, 2.24) is 9.88 Å². The average molecular weight is 277 g/mol. The van der Waals surface area contributed by atoms with E-state index in [9.17, 15) is 9.90 Å². The first-order valence-electron chi connectivity index (χ1n) is 5.77. The Morgan fingerprint density at radius 2 is 1.84 bits per heavy atom. The van der Waals surface area contributed by atoms with Crippen molar-refractivity contribution in [3.05, 3.63) is 64.9 Å². The van der Waals surface area contributed by atoms with Gasteiger partial charge in [0, 0.05) is 24.0 Å². The van der Waals surface area contributed by atoms with Gasteiger partial charge in [0.2, 0.25) is 0 Å². The van der Waals surface area contributed by atoms with Crippen molar-refractivity contribution in [1.29, 1.82) is 0 Å². The predicted molar refractivity (Wildman–Crippen MR) is 73.0 cm³/mol. The van der Waals surface area contributed by atoms with Gasteiger partial charge in [-0.05, 0) is 29.3 Å². The summed E-state index contributed by atoms with van der Waals surface area (Å²) in [5.74, 6) is 0. The molecule has 0 saturated carbocycles. The Kier molecular flexibility index (Phi) is 4.36. The van der Waals surface area contributed by atoms with E-state index in [0.29, 0.717) is 11.6 Å². The standard InChI is InChI=1S/C14H13ClN2O2/c15-13-4-2-1-3-12(13)10-17(14(18)19)9-11-5-7-16-8-6-11/h1-8H,9-10H2,(H,18,19). The second-order valence-corrected chi connectivity index (χ2v) is 4.49. The summed E-state index contributed by atoms with van der Waals surface area (Å²) < 4.78 is 0. The van der Waals surface area contributed by atoms with E-state index in [1.165, 1.54) is 4.90 Å². The lowest BCUT2D eigenvalue weighted by molar-refractivity contribution is 0.139. The molecule has 0 spiro atoms. The molecule has 2 aromatic rings. The number of carboxylic acid groups (broad SMARTS) is 1. The van der Waals surface area contributed by atoms with Crippen molar-refractivity contribution in [2.45, 2.75) is 13.1 Å². The van der Waals surface area contributed by atoms with Gasteiger partial charge in [0.1, 0.15) is 0 Å². The lowest BCUT2D eigenvalue weighted by Crippen LogP contribution is -2.28. The van der Waals surface area contributed by atoms with Crippen molar-refractivity contribution < 1.29 is 9.90 Å². The molecule has 1 aromatic heterocycles. The summed E-state index contributed by atoms with van der Waals surface area (Å²) in [4.78, 5) is 16.5. The smallest absolute Gasteiger partial charge is 0.407 e. The monoisotopic (exact) mass is 276 g/mol. The number of pyridine rings is 1. The molecule has 19 heavy (non-hydrogen) atoms. The van der Waals surface area contributed by atoms with Crippen LogP contribution in [0.1, 0.15) is 11.1 Å². The molecule has 0 unspecified atom stereocenters. The molecule has 0 aliphatic carbocycles. The normalized spacial score (nSPS) is 10.2. The Balaban J connectivity index is 2.13. The summed E-state index contributed by atoms with van der Waals surface area (Å²) in [5, 5.41) is 9.83. The predicted octanol–water partition coefficient (Wildman–Crippen LogP) is 3.42. The number of carbonyl (C=O) groups is 1. The number of amides is 1. The van der Waals surface area contributed by atoms with Gasteiger partial charge in [-0.2, -0.15) is 0 Å². The third-order valence-electron chi connectivity index (χ3n) is 2.71. The molecule has 0 fully saturated rings. The van der Waals surface area contributed by atoms with Crippen molar-refractivity contribution in [3.63, 3.8) is 0 Å². The number of benzene rings is 1. The maximum absolute atomic E-state index is 11.3. The molecule has 1 aromatic carbocycles. The van der Waals surface area contributed by atoms with Gasteiger partial charge in [-0.25, -0.2) is 4.79 Å². The van der Waals surface area contributed by atoms with Crippen LogP contribution >= 0.6 is 11.6 Å². The maximum atomic E-state index is 11.3. The zero-order valence-corrected chi connectivity index (χ0v) is 10.9. The highest BCUT2D eigenvalue weighted by atomic mass is 35.5. The quantitative estimate of drug-likeness (QED) is 0.931. The topological polar surface area (TPSA) is 53.4 Å². The number of aromatic nitrogens is 1. The van der Waals surface area contributed by atoms with E-state index in [2.05, 4.69) is 4.98 Å². The average Bonchev–Trinajstić information content (AvgIpc) is 2.41.